The Morgan fingerprint density at radius 2 is 1.90 bits per heavy atom. The van der Waals surface area contributed by atoms with Crippen molar-refractivity contribution in [1.29, 1.82) is 0 Å². The first-order valence-corrected chi connectivity index (χ1v) is 10.7. The van der Waals surface area contributed by atoms with Crippen molar-refractivity contribution in [3.05, 3.63) is 68.6 Å². The molecule has 1 aliphatic rings. The molecular formula is C21H22Cl2FN5O. The van der Waals surface area contributed by atoms with Crippen LogP contribution in [-0.2, 0) is 13.1 Å². The number of halogens is 3. The number of nitrogens with one attached hydrogen (secondary N) is 1. The van der Waals surface area contributed by atoms with E-state index in [1.165, 1.54) is 18.3 Å². The van der Waals surface area contributed by atoms with Crippen LogP contribution in [0.1, 0.15) is 18.4 Å². The monoisotopic (exact) mass is 449 g/mol. The van der Waals surface area contributed by atoms with Crippen LogP contribution in [0.5, 0.6) is 0 Å². The third-order valence-corrected chi connectivity index (χ3v) is 6.17. The summed E-state index contributed by atoms with van der Waals surface area (Å²) in [6.45, 7) is 3.80. The molecule has 0 saturated carbocycles. The highest BCUT2D eigenvalue weighted by Gasteiger charge is 2.19. The van der Waals surface area contributed by atoms with Crippen LogP contribution in [0, 0.1) is 5.82 Å². The average Bonchev–Trinajstić information content (AvgIpc) is 2.74. The summed E-state index contributed by atoms with van der Waals surface area (Å²) in [6.07, 6.45) is 4.92. The molecule has 9 heteroatoms. The van der Waals surface area contributed by atoms with Crippen molar-refractivity contribution in [2.75, 3.05) is 19.6 Å². The number of hydrogen-bond donors (Lipinski definition) is 1. The molecule has 3 aromatic rings. The normalized spacial score (nSPS) is 15.7. The van der Waals surface area contributed by atoms with E-state index in [0.717, 1.165) is 38.0 Å². The number of hydrogen-bond acceptors (Lipinski definition) is 5. The molecule has 0 unspecified atom stereocenters. The smallest absolute Gasteiger partial charge is 0.251 e. The van der Waals surface area contributed by atoms with Gasteiger partial charge in [0.15, 0.2) is 0 Å². The van der Waals surface area contributed by atoms with E-state index in [1.54, 1.807) is 16.8 Å². The molecule has 1 N–H and O–H groups in total. The van der Waals surface area contributed by atoms with Crippen LogP contribution in [0.3, 0.4) is 0 Å². The number of piperidine rings is 1. The van der Waals surface area contributed by atoms with Crippen LogP contribution in [0.2, 0.25) is 10.2 Å². The summed E-state index contributed by atoms with van der Waals surface area (Å²) < 4.78 is 15.2. The Morgan fingerprint density at radius 3 is 2.67 bits per heavy atom. The van der Waals surface area contributed by atoms with Crippen molar-refractivity contribution < 1.29 is 4.39 Å². The summed E-state index contributed by atoms with van der Waals surface area (Å²) in [5.74, 6) is -0.439. The Kier molecular flexibility index (Phi) is 6.63. The second kappa shape index (κ2) is 9.39. The molecule has 158 valence electrons. The summed E-state index contributed by atoms with van der Waals surface area (Å²) in [7, 11) is 0. The quantitative estimate of drug-likeness (QED) is 0.583. The molecule has 1 fully saturated rings. The fourth-order valence-electron chi connectivity index (χ4n) is 3.80. The van der Waals surface area contributed by atoms with Gasteiger partial charge in [-0.05, 0) is 43.6 Å². The molecule has 3 aromatic heterocycles. The number of nitrogens with zero attached hydrogens (tertiary/aromatic N) is 4. The van der Waals surface area contributed by atoms with Crippen molar-refractivity contribution in [1.82, 2.24) is 24.8 Å². The van der Waals surface area contributed by atoms with Gasteiger partial charge in [0.05, 0.1) is 22.3 Å². The second-order valence-electron chi connectivity index (χ2n) is 7.49. The van der Waals surface area contributed by atoms with Gasteiger partial charge in [0.25, 0.3) is 5.56 Å². The summed E-state index contributed by atoms with van der Waals surface area (Å²) in [5, 5.41) is 4.32. The molecule has 0 aromatic carbocycles. The van der Waals surface area contributed by atoms with Crippen LogP contribution in [-0.4, -0.2) is 45.1 Å². The van der Waals surface area contributed by atoms with Gasteiger partial charge in [0.2, 0.25) is 0 Å². The van der Waals surface area contributed by atoms with Gasteiger partial charge in [-0.25, -0.2) is 9.37 Å². The van der Waals surface area contributed by atoms with Crippen molar-refractivity contribution in [3.8, 4) is 0 Å². The number of aromatic nitrogens is 3. The van der Waals surface area contributed by atoms with Crippen molar-refractivity contribution in [2.45, 2.75) is 32.0 Å². The highest BCUT2D eigenvalue weighted by atomic mass is 35.5. The standard InChI is InChI=1S/C21H22Cl2FN5O/c22-17-9-14(12-27-21(17)23)11-25-16-3-5-28(6-4-16)7-8-29-19-10-15(24)13-26-18(19)1-2-20(29)30/h1-2,9-10,12-13,16,25H,3-8,11H2. The zero-order chi connectivity index (χ0) is 21.1. The van der Waals surface area contributed by atoms with Crippen LogP contribution in [0.4, 0.5) is 4.39 Å². The molecule has 4 rings (SSSR count). The largest absolute Gasteiger partial charge is 0.310 e. The van der Waals surface area contributed by atoms with E-state index in [2.05, 4.69) is 20.2 Å². The molecule has 0 bridgehead atoms. The van der Waals surface area contributed by atoms with Crippen LogP contribution in [0.15, 0.2) is 41.5 Å². The SMILES string of the molecule is O=c1ccc2ncc(F)cc2n1CCN1CCC(NCc2cnc(Cl)c(Cl)c2)CC1. The molecular weight excluding hydrogens is 428 g/mol. The van der Waals surface area contributed by atoms with E-state index in [4.69, 9.17) is 23.2 Å². The molecule has 0 aliphatic carbocycles. The molecule has 30 heavy (non-hydrogen) atoms. The molecule has 4 heterocycles. The van der Waals surface area contributed by atoms with Crippen LogP contribution < -0.4 is 10.9 Å². The number of rotatable bonds is 6. The average molecular weight is 450 g/mol. The molecule has 6 nitrogen and oxygen atoms in total. The van der Waals surface area contributed by atoms with E-state index < -0.39 is 5.82 Å². The van der Waals surface area contributed by atoms with Crippen molar-refractivity contribution >= 4 is 34.2 Å². The maximum absolute atomic E-state index is 13.6. The minimum absolute atomic E-state index is 0.137. The first kappa shape index (κ1) is 21.2. The van der Waals surface area contributed by atoms with Crippen LogP contribution >= 0.6 is 23.2 Å². The van der Waals surface area contributed by atoms with Gasteiger partial charge < -0.3 is 14.8 Å². The lowest BCUT2D eigenvalue weighted by Crippen LogP contribution is -2.43. The van der Waals surface area contributed by atoms with Gasteiger partial charge in [-0.1, -0.05) is 23.2 Å². The van der Waals surface area contributed by atoms with E-state index in [-0.39, 0.29) is 5.56 Å². The fraction of sp³-hybridized carbons (Fsp3) is 0.381. The van der Waals surface area contributed by atoms with E-state index >= 15 is 0 Å². The van der Waals surface area contributed by atoms with Gasteiger partial charge in [0, 0.05) is 44.0 Å². The summed E-state index contributed by atoms with van der Waals surface area (Å²) in [4.78, 5) is 22.8. The predicted molar refractivity (Wildman–Crippen MR) is 117 cm³/mol. The van der Waals surface area contributed by atoms with Crippen molar-refractivity contribution in [3.63, 3.8) is 0 Å². The van der Waals surface area contributed by atoms with Crippen molar-refractivity contribution in [2.24, 2.45) is 0 Å². The summed E-state index contributed by atoms with van der Waals surface area (Å²) in [5.41, 5.74) is 2.02. The third-order valence-electron chi connectivity index (χ3n) is 5.48. The lowest BCUT2D eigenvalue weighted by molar-refractivity contribution is 0.191. The lowest BCUT2D eigenvalue weighted by Gasteiger charge is -2.32. The molecule has 0 atom stereocenters. The Labute approximate surface area is 183 Å². The first-order chi connectivity index (χ1) is 14.5. The minimum atomic E-state index is -0.439. The zero-order valence-corrected chi connectivity index (χ0v) is 17.8. The number of likely N-dealkylation sites (tertiary alicyclic amines) is 1. The fourth-order valence-corrected chi connectivity index (χ4v) is 4.09. The Bertz CT molecular complexity index is 1100. The number of pyridine rings is 3. The number of fused-ring (bicyclic) bond motifs is 1. The molecule has 0 radical (unpaired) electrons. The summed E-state index contributed by atoms with van der Waals surface area (Å²) in [6, 6.07) is 6.74. The molecule has 1 aliphatic heterocycles. The molecule has 1 saturated heterocycles. The molecule has 0 spiro atoms. The van der Waals surface area contributed by atoms with E-state index in [9.17, 15) is 9.18 Å². The Hall–Kier alpha value is -2.06. The topological polar surface area (TPSA) is 63.1 Å². The maximum Gasteiger partial charge on any atom is 0.251 e. The summed E-state index contributed by atoms with van der Waals surface area (Å²) >= 11 is 11.9. The van der Waals surface area contributed by atoms with Gasteiger partial charge in [0.1, 0.15) is 11.0 Å². The van der Waals surface area contributed by atoms with Gasteiger partial charge in [-0.15, -0.1) is 0 Å². The maximum atomic E-state index is 13.6. The highest BCUT2D eigenvalue weighted by Crippen LogP contribution is 2.20. The van der Waals surface area contributed by atoms with Gasteiger partial charge in [-0.3, -0.25) is 9.78 Å². The lowest BCUT2D eigenvalue weighted by atomic mass is 10.0. The van der Waals surface area contributed by atoms with Crippen LogP contribution in [0.25, 0.3) is 11.0 Å². The minimum Gasteiger partial charge on any atom is -0.310 e. The Morgan fingerprint density at radius 1 is 1.10 bits per heavy atom. The second-order valence-corrected chi connectivity index (χ2v) is 8.26. The van der Waals surface area contributed by atoms with Gasteiger partial charge in [-0.2, -0.15) is 0 Å². The molecule has 0 amide bonds. The Balaban J connectivity index is 1.30. The predicted octanol–water partition coefficient (Wildman–Crippen LogP) is 3.49. The van der Waals surface area contributed by atoms with E-state index in [1.807, 2.05) is 6.07 Å². The third kappa shape index (κ3) is 4.98. The van der Waals surface area contributed by atoms with Gasteiger partial charge >= 0.3 is 0 Å². The zero-order valence-electron chi connectivity index (χ0n) is 16.3. The van der Waals surface area contributed by atoms with E-state index in [0.29, 0.717) is 40.3 Å². The highest BCUT2D eigenvalue weighted by molar-refractivity contribution is 6.41. The first-order valence-electron chi connectivity index (χ1n) is 9.90.